The number of nitrogen functional groups attached to an aromatic ring is 1. The maximum atomic E-state index is 11.3. The number of nitrogens with one attached hydrogen (secondary N) is 1. The molecule has 1 amide bonds. The Bertz CT molecular complexity index is 404. The summed E-state index contributed by atoms with van der Waals surface area (Å²) in [5.74, 6) is -0.293. The Morgan fingerprint density at radius 3 is 2.73 bits per heavy atom. The van der Waals surface area contributed by atoms with Crippen molar-refractivity contribution in [3.05, 3.63) is 33.9 Å². The highest BCUT2D eigenvalue weighted by Gasteiger charge is 2.13. The molecule has 0 aliphatic rings. The molecule has 0 heterocycles. The van der Waals surface area contributed by atoms with Crippen molar-refractivity contribution >= 4 is 17.3 Å². The number of hydrogen-bond donors (Lipinski definition) is 2. The van der Waals surface area contributed by atoms with Gasteiger partial charge in [-0.3, -0.25) is 14.9 Å². The van der Waals surface area contributed by atoms with Crippen molar-refractivity contribution in [2.75, 3.05) is 12.3 Å². The van der Waals surface area contributed by atoms with Gasteiger partial charge in [-0.15, -0.1) is 0 Å². The van der Waals surface area contributed by atoms with Gasteiger partial charge in [-0.25, -0.2) is 0 Å². The molecule has 1 aromatic rings. The number of hydrogen-bond acceptors (Lipinski definition) is 4. The quantitative estimate of drug-likeness (QED) is 0.439. The number of carbonyl (C=O) groups excluding carboxylic acids is 1. The van der Waals surface area contributed by atoms with Gasteiger partial charge in [0.2, 0.25) is 0 Å². The Labute approximate surface area is 86.2 Å². The lowest BCUT2D eigenvalue weighted by Gasteiger charge is -2.03. The van der Waals surface area contributed by atoms with Crippen molar-refractivity contribution in [1.29, 1.82) is 0 Å². The Morgan fingerprint density at radius 2 is 2.27 bits per heavy atom. The van der Waals surface area contributed by atoms with E-state index in [9.17, 15) is 14.9 Å². The molecule has 1 rings (SSSR count). The van der Waals surface area contributed by atoms with Crippen molar-refractivity contribution in [3.8, 4) is 0 Å². The average molecular weight is 209 g/mol. The molecule has 6 heteroatoms. The Kier molecular flexibility index (Phi) is 3.22. The predicted molar refractivity (Wildman–Crippen MR) is 55.5 cm³/mol. The molecule has 0 aliphatic carbocycles. The highest BCUT2D eigenvalue weighted by molar-refractivity contribution is 5.95. The monoisotopic (exact) mass is 209 g/mol. The number of nitro groups is 1. The summed E-state index contributed by atoms with van der Waals surface area (Å²) in [6.07, 6.45) is 0. The molecule has 0 radical (unpaired) electrons. The van der Waals surface area contributed by atoms with Crippen LogP contribution in [0, 0.1) is 10.1 Å². The standard InChI is InChI=1S/C9H11N3O3/c1-2-11-9(13)6-3-4-8(12(14)15)7(10)5-6/h3-5H,2,10H2,1H3,(H,11,13). The molecule has 0 atom stereocenters. The van der Waals surface area contributed by atoms with Gasteiger partial charge < -0.3 is 11.1 Å². The van der Waals surface area contributed by atoms with Gasteiger partial charge >= 0.3 is 0 Å². The number of amides is 1. The van der Waals surface area contributed by atoms with Crippen LogP contribution < -0.4 is 11.1 Å². The number of rotatable bonds is 3. The van der Waals surface area contributed by atoms with Gasteiger partial charge in [-0.2, -0.15) is 0 Å². The first-order valence-corrected chi connectivity index (χ1v) is 4.38. The predicted octanol–water partition coefficient (Wildman–Crippen LogP) is 0.927. The van der Waals surface area contributed by atoms with Crippen LogP contribution in [0.1, 0.15) is 17.3 Å². The molecule has 0 aliphatic heterocycles. The van der Waals surface area contributed by atoms with E-state index in [4.69, 9.17) is 5.73 Å². The molecule has 0 saturated heterocycles. The lowest BCUT2D eigenvalue weighted by Crippen LogP contribution is -2.22. The molecule has 0 saturated carbocycles. The number of nitrogens with zero attached hydrogens (tertiary/aromatic N) is 1. The van der Waals surface area contributed by atoms with Crippen LogP contribution in [0.3, 0.4) is 0 Å². The van der Waals surface area contributed by atoms with Crippen LogP contribution >= 0.6 is 0 Å². The zero-order chi connectivity index (χ0) is 11.4. The minimum atomic E-state index is -0.586. The lowest BCUT2D eigenvalue weighted by atomic mass is 10.1. The van der Waals surface area contributed by atoms with E-state index >= 15 is 0 Å². The van der Waals surface area contributed by atoms with Crippen LogP contribution in [-0.2, 0) is 0 Å². The summed E-state index contributed by atoms with van der Waals surface area (Å²) in [5.41, 5.74) is 5.55. The van der Waals surface area contributed by atoms with Crippen LogP contribution in [-0.4, -0.2) is 17.4 Å². The first-order chi connectivity index (χ1) is 7.06. The Hall–Kier alpha value is -2.11. The first-order valence-electron chi connectivity index (χ1n) is 4.38. The van der Waals surface area contributed by atoms with Gasteiger partial charge in [0.25, 0.3) is 11.6 Å². The van der Waals surface area contributed by atoms with Gasteiger partial charge in [-0.05, 0) is 19.1 Å². The summed E-state index contributed by atoms with van der Waals surface area (Å²) in [5, 5.41) is 13.0. The number of carbonyl (C=O) groups is 1. The van der Waals surface area contributed by atoms with Crippen LogP contribution in [0.2, 0.25) is 0 Å². The fraction of sp³-hybridized carbons (Fsp3) is 0.222. The minimum Gasteiger partial charge on any atom is -0.393 e. The van der Waals surface area contributed by atoms with Crippen LogP contribution in [0.4, 0.5) is 11.4 Å². The smallest absolute Gasteiger partial charge is 0.292 e. The fourth-order valence-electron chi connectivity index (χ4n) is 1.12. The third kappa shape index (κ3) is 2.43. The Balaban J connectivity index is 3.01. The van der Waals surface area contributed by atoms with E-state index in [0.29, 0.717) is 12.1 Å². The summed E-state index contributed by atoms with van der Waals surface area (Å²) in [6, 6.07) is 3.89. The molecule has 0 spiro atoms. The van der Waals surface area contributed by atoms with Crippen LogP contribution in [0.5, 0.6) is 0 Å². The van der Waals surface area contributed by atoms with Crippen molar-refractivity contribution in [3.63, 3.8) is 0 Å². The van der Waals surface area contributed by atoms with E-state index in [2.05, 4.69) is 5.32 Å². The third-order valence-electron chi connectivity index (χ3n) is 1.82. The highest BCUT2D eigenvalue weighted by atomic mass is 16.6. The summed E-state index contributed by atoms with van der Waals surface area (Å²) >= 11 is 0. The largest absolute Gasteiger partial charge is 0.393 e. The second-order valence-electron chi connectivity index (χ2n) is 2.89. The minimum absolute atomic E-state index is 0.0104. The van der Waals surface area contributed by atoms with E-state index < -0.39 is 4.92 Å². The van der Waals surface area contributed by atoms with E-state index in [-0.39, 0.29) is 17.3 Å². The molecular formula is C9H11N3O3. The summed E-state index contributed by atoms with van der Waals surface area (Å²) < 4.78 is 0. The second kappa shape index (κ2) is 4.41. The molecule has 0 fully saturated rings. The molecule has 1 aromatic carbocycles. The second-order valence-corrected chi connectivity index (χ2v) is 2.89. The molecule has 80 valence electrons. The number of nitrogens with two attached hydrogens (primary N) is 1. The number of anilines is 1. The maximum absolute atomic E-state index is 11.3. The topological polar surface area (TPSA) is 98.3 Å². The van der Waals surface area contributed by atoms with Crippen molar-refractivity contribution < 1.29 is 9.72 Å². The van der Waals surface area contributed by atoms with Crippen LogP contribution in [0.15, 0.2) is 18.2 Å². The summed E-state index contributed by atoms with van der Waals surface area (Å²) in [6.45, 7) is 2.28. The average Bonchev–Trinajstić information content (AvgIpc) is 2.17. The Morgan fingerprint density at radius 1 is 1.60 bits per heavy atom. The highest BCUT2D eigenvalue weighted by Crippen LogP contribution is 2.21. The lowest BCUT2D eigenvalue weighted by molar-refractivity contribution is -0.383. The van der Waals surface area contributed by atoms with E-state index in [0.717, 1.165) is 0 Å². The zero-order valence-electron chi connectivity index (χ0n) is 8.19. The van der Waals surface area contributed by atoms with Crippen molar-refractivity contribution in [2.45, 2.75) is 6.92 Å². The molecule has 0 bridgehead atoms. The van der Waals surface area contributed by atoms with E-state index in [1.54, 1.807) is 6.92 Å². The summed E-state index contributed by atoms with van der Waals surface area (Å²) in [4.78, 5) is 21.2. The SMILES string of the molecule is CCNC(=O)c1ccc([N+](=O)[O-])c(N)c1. The van der Waals surface area contributed by atoms with Crippen LogP contribution in [0.25, 0.3) is 0 Å². The molecular weight excluding hydrogens is 198 g/mol. The zero-order valence-corrected chi connectivity index (χ0v) is 8.19. The number of benzene rings is 1. The fourth-order valence-corrected chi connectivity index (χ4v) is 1.12. The molecule has 0 aromatic heterocycles. The third-order valence-corrected chi connectivity index (χ3v) is 1.82. The van der Waals surface area contributed by atoms with Gasteiger partial charge in [0.05, 0.1) is 4.92 Å². The van der Waals surface area contributed by atoms with Gasteiger partial charge in [0.15, 0.2) is 0 Å². The molecule has 3 N–H and O–H groups in total. The van der Waals surface area contributed by atoms with Gasteiger partial charge in [-0.1, -0.05) is 0 Å². The molecule has 15 heavy (non-hydrogen) atoms. The number of nitro benzene ring substituents is 1. The molecule has 0 unspecified atom stereocenters. The van der Waals surface area contributed by atoms with E-state index in [1.165, 1.54) is 18.2 Å². The maximum Gasteiger partial charge on any atom is 0.292 e. The van der Waals surface area contributed by atoms with E-state index in [1.807, 2.05) is 0 Å². The van der Waals surface area contributed by atoms with Crippen molar-refractivity contribution in [1.82, 2.24) is 5.32 Å². The van der Waals surface area contributed by atoms with Gasteiger partial charge in [0, 0.05) is 18.2 Å². The first kappa shape index (κ1) is 11.0. The normalized spacial score (nSPS) is 9.67. The summed E-state index contributed by atoms with van der Waals surface area (Å²) in [7, 11) is 0. The van der Waals surface area contributed by atoms with Crippen molar-refractivity contribution in [2.24, 2.45) is 0 Å². The van der Waals surface area contributed by atoms with Gasteiger partial charge in [0.1, 0.15) is 5.69 Å². The molecule has 6 nitrogen and oxygen atoms in total.